The minimum absolute atomic E-state index is 0.0800. The van der Waals surface area contributed by atoms with Gasteiger partial charge in [-0.1, -0.05) is 63.1 Å². The van der Waals surface area contributed by atoms with Crippen molar-refractivity contribution in [2.75, 3.05) is 19.0 Å². The molecule has 1 saturated heterocycles. The van der Waals surface area contributed by atoms with Crippen molar-refractivity contribution in [1.82, 2.24) is 10.2 Å². The molecule has 3 N–H and O–H groups in total. The Bertz CT molecular complexity index is 919. The molecular weight excluding hydrogens is 442 g/mol. The summed E-state index contributed by atoms with van der Waals surface area (Å²) in [6.45, 7) is 5.59. The lowest BCUT2D eigenvalue weighted by Gasteiger charge is -2.35. The first-order chi connectivity index (χ1) is 15.8. The number of carbonyl (C=O) groups excluding carboxylic acids is 3. The fourth-order valence-electron chi connectivity index (χ4n) is 5.32. The van der Waals surface area contributed by atoms with Crippen molar-refractivity contribution in [3.05, 3.63) is 41.4 Å². The van der Waals surface area contributed by atoms with Gasteiger partial charge in [0.2, 0.25) is 17.7 Å². The van der Waals surface area contributed by atoms with E-state index in [1.165, 1.54) is 4.90 Å². The van der Waals surface area contributed by atoms with E-state index in [1.807, 2.05) is 32.9 Å². The van der Waals surface area contributed by atoms with Gasteiger partial charge in [-0.3, -0.25) is 14.4 Å². The standard InChI is InChI=1S/C25H34ClN3O4/c1-5-8-15-11-12-16-21(20(15)23(31)27-4)25(33)29(19(13-30)14(2)3)22(16)24(32)28-18-10-7-6-9-17(18)26/h6-7,9-12,14-16,19-22,30H,5,8,13H2,1-4H3,(H,27,31)(H,28,32)/t15-,16+,19+,20-,21+,22+/m1/s1. The summed E-state index contributed by atoms with van der Waals surface area (Å²) in [5.74, 6) is -2.71. The summed E-state index contributed by atoms with van der Waals surface area (Å²) in [7, 11) is 1.57. The first kappa shape index (κ1) is 25.2. The second-order valence-electron chi connectivity index (χ2n) is 9.23. The third-order valence-corrected chi connectivity index (χ3v) is 7.26. The molecule has 1 fully saturated rings. The van der Waals surface area contributed by atoms with E-state index in [0.717, 1.165) is 12.8 Å². The number of nitrogens with one attached hydrogen (secondary N) is 2. The molecule has 1 aliphatic carbocycles. The van der Waals surface area contributed by atoms with E-state index in [-0.39, 0.29) is 36.2 Å². The molecule has 0 aromatic heterocycles. The predicted molar refractivity (Wildman–Crippen MR) is 129 cm³/mol. The van der Waals surface area contributed by atoms with Gasteiger partial charge in [0, 0.05) is 13.0 Å². The van der Waals surface area contributed by atoms with Crippen LogP contribution in [0.3, 0.4) is 0 Å². The number of fused-ring (bicyclic) bond motifs is 1. The fraction of sp³-hybridized carbons (Fsp3) is 0.560. The normalized spacial score (nSPS) is 27.4. The number of aliphatic hydroxyl groups excluding tert-OH is 1. The van der Waals surface area contributed by atoms with Gasteiger partial charge in [0.1, 0.15) is 6.04 Å². The Labute approximate surface area is 200 Å². The summed E-state index contributed by atoms with van der Waals surface area (Å²) in [4.78, 5) is 41.9. The van der Waals surface area contributed by atoms with Crippen LogP contribution in [0.1, 0.15) is 33.6 Å². The molecule has 3 rings (SSSR count). The van der Waals surface area contributed by atoms with E-state index in [2.05, 4.69) is 10.6 Å². The number of aliphatic hydroxyl groups is 1. The molecule has 0 radical (unpaired) electrons. The SMILES string of the molecule is CCC[C@@H]1C=C[C@H]2[C@H](C(=O)N([C@@H](CO)C(C)C)[C@@H]2C(=O)Nc2ccccc2Cl)[C@@H]1C(=O)NC. The molecule has 6 atom stereocenters. The van der Waals surface area contributed by atoms with E-state index >= 15 is 0 Å². The number of likely N-dealkylation sites (tertiary alicyclic amines) is 1. The second kappa shape index (κ2) is 10.7. The zero-order chi connectivity index (χ0) is 24.3. The zero-order valence-corrected chi connectivity index (χ0v) is 20.4. The number of allylic oxidation sites excluding steroid dienone is 1. The molecule has 0 unspecified atom stereocenters. The lowest BCUT2D eigenvalue weighted by molar-refractivity contribution is -0.143. The van der Waals surface area contributed by atoms with Gasteiger partial charge in [-0.25, -0.2) is 0 Å². The first-order valence-corrected chi connectivity index (χ1v) is 12.0. The Kier molecular flexibility index (Phi) is 8.19. The van der Waals surface area contributed by atoms with Crippen LogP contribution in [0.2, 0.25) is 5.02 Å². The van der Waals surface area contributed by atoms with Crippen molar-refractivity contribution < 1.29 is 19.5 Å². The van der Waals surface area contributed by atoms with Crippen LogP contribution in [0, 0.1) is 29.6 Å². The summed E-state index contributed by atoms with van der Waals surface area (Å²) >= 11 is 6.25. The summed E-state index contributed by atoms with van der Waals surface area (Å²) in [6.07, 6.45) is 5.56. The number of amides is 3. The highest BCUT2D eigenvalue weighted by Crippen LogP contribution is 2.46. The number of anilines is 1. The van der Waals surface area contributed by atoms with Gasteiger partial charge < -0.3 is 20.6 Å². The van der Waals surface area contributed by atoms with Crippen LogP contribution in [-0.4, -0.2) is 53.5 Å². The molecule has 180 valence electrons. The van der Waals surface area contributed by atoms with Crippen LogP contribution in [0.25, 0.3) is 0 Å². The summed E-state index contributed by atoms with van der Waals surface area (Å²) in [6, 6.07) is 5.51. The average molecular weight is 476 g/mol. The number of benzene rings is 1. The summed E-state index contributed by atoms with van der Waals surface area (Å²) in [5.41, 5.74) is 0.455. The zero-order valence-electron chi connectivity index (χ0n) is 19.6. The maximum atomic E-state index is 13.9. The third-order valence-electron chi connectivity index (χ3n) is 6.93. The number of hydrogen-bond donors (Lipinski definition) is 3. The monoisotopic (exact) mass is 475 g/mol. The van der Waals surface area contributed by atoms with Gasteiger partial charge in [-0.05, 0) is 30.4 Å². The Morgan fingerprint density at radius 2 is 1.88 bits per heavy atom. The molecule has 3 amide bonds. The highest BCUT2D eigenvalue weighted by molar-refractivity contribution is 6.33. The number of halogens is 1. The molecule has 0 saturated carbocycles. The van der Waals surface area contributed by atoms with Crippen LogP contribution in [0.5, 0.6) is 0 Å². The lowest BCUT2D eigenvalue weighted by atomic mass is 9.68. The average Bonchev–Trinajstić information content (AvgIpc) is 3.07. The van der Waals surface area contributed by atoms with E-state index < -0.39 is 29.8 Å². The van der Waals surface area contributed by atoms with Crippen molar-refractivity contribution >= 4 is 35.0 Å². The number of hydrogen-bond acceptors (Lipinski definition) is 4. The molecule has 1 aliphatic heterocycles. The molecule has 1 aromatic carbocycles. The van der Waals surface area contributed by atoms with Crippen LogP contribution < -0.4 is 10.6 Å². The van der Waals surface area contributed by atoms with E-state index in [1.54, 1.807) is 31.3 Å². The van der Waals surface area contributed by atoms with Crippen LogP contribution in [0.4, 0.5) is 5.69 Å². The molecule has 8 heteroatoms. The van der Waals surface area contributed by atoms with Gasteiger partial charge in [-0.15, -0.1) is 0 Å². The van der Waals surface area contributed by atoms with Crippen molar-refractivity contribution in [1.29, 1.82) is 0 Å². The molecule has 1 aromatic rings. The molecule has 33 heavy (non-hydrogen) atoms. The Morgan fingerprint density at radius 1 is 1.18 bits per heavy atom. The first-order valence-electron chi connectivity index (χ1n) is 11.6. The topological polar surface area (TPSA) is 98.7 Å². The van der Waals surface area contributed by atoms with E-state index in [4.69, 9.17) is 11.6 Å². The minimum Gasteiger partial charge on any atom is -0.394 e. The van der Waals surface area contributed by atoms with E-state index in [9.17, 15) is 19.5 Å². The maximum Gasteiger partial charge on any atom is 0.247 e. The van der Waals surface area contributed by atoms with Crippen molar-refractivity contribution in [2.24, 2.45) is 29.6 Å². The van der Waals surface area contributed by atoms with Crippen LogP contribution in [0.15, 0.2) is 36.4 Å². The Balaban J connectivity index is 2.07. The van der Waals surface area contributed by atoms with Gasteiger partial charge in [0.15, 0.2) is 0 Å². The van der Waals surface area contributed by atoms with Gasteiger partial charge in [0.25, 0.3) is 0 Å². The highest BCUT2D eigenvalue weighted by Gasteiger charge is 2.58. The summed E-state index contributed by atoms with van der Waals surface area (Å²) < 4.78 is 0. The Hall–Kier alpha value is -2.38. The van der Waals surface area contributed by atoms with Crippen molar-refractivity contribution in [3.63, 3.8) is 0 Å². The van der Waals surface area contributed by atoms with Crippen LogP contribution >= 0.6 is 11.6 Å². The van der Waals surface area contributed by atoms with Crippen LogP contribution in [-0.2, 0) is 14.4 Å². The lowest BCUT2D eigenvalue weighted by Crippen LogP contribution is -2.52. The molecule has 1 heterocycles. The number of carbonyl (C=O) groups is 3. The van der Waals surface area contributed by atoms with Gasteiger partial charge >= 0.3 is 0 Å². The highest BCUT2D eigenvalue weighted by atomic mass is 35.5. The van der Waals surface area contributed by atoms with Gasteiger partial charge in [-0.2, -0.15) is 0 Å². The minimum atomic E-state index is -0.857. The smallest absolute Gasteiger partial charge is 0.247 e. The largest absolute Gasteiger partial charge is 0.394 e. The maximum absolute atomic E-state index is 13.9. The molecule has 7 nitrogen and oxygen atoms in total. The number of para-hydroxylation sites is 1. The summed E-state index contributed by atoms with van der Waals surface area (Å²) in [5, 5.41) is 16.1. The van der Waals surface area contributed by atoms with Gasteiger partial charge in [0.05, 0.1) is 35.2 Å². The fourth-order valence-corrected chi connectivity index (χ4v) is 5.51. The molecular formula is C25H34ClN3O4. The predicted octanol–water partition coefficient (Wildman–Crippen LogP) is 3.09. The third kappa shape index (κ3) is 4.80. The molecule has 2 aliphatic rings. The Morgan fingerprint density at radius 3 is 2.45 bits per heavy atom. The molecule has 0 bridgehead atoms. The second-order valence-corrected chi connectivity index (χ2v) is 9.64. The quantitative estimate of drug-likeness (QED) is 0.503. The van der Waals surface area contributed by atoms with Crippen molar-refractivity contribution in [3.8, 4) is 0 Å². The number of rotatable bonds is 8. The van der Waals surface area contributed by atoms with Crippen molar-refractivity contribution in [2.45, 2.75) is 45.7 Å². The van der Waals surface area contributed by atoms with E-state index in [0.29, 0.717) is 10.7 Å². The molecule has 0 spiro atoms. The number of nitrogens with zero attached hydrogens (tertiary/aromatic N) is 1.